The molecule has 21 heavy (non-hydrogen) atoms. The Balaban J connectivity index is 1.44. The first kappa shape index (κ1) is 13.6. The van der Waals surface area contributed by atoms with E-state index in [9.17, 15) is 4.79 Å². The van der Waals surface area contributed by atoms with Crippen LogP contribution in [0.5, 0.6) is 0 Å². The first-order valence-electron chi connectivity index (χ1n) is 6.93. The second-order valence-corrected chi connectivity index (χ2v) is 4.88. The Morgan fingerprint density at radius 2 is 1.71 bits per heavy atom. The van der Waals surface area contributed by atoms with Crippen LogP contribution in [0.15, 0.2) is 66.7 Å². The molecular formula is C18H16O3. The SMILES string of the molecule is O=C(/C=C\c1ccccc1)OC[C@H]1O[C@@H]1c1ccccc1. The van der Waals surface area contributed by atoms with Gasteiger partial charge in [0.25, 0.3) is 0 Å². The van der Waals surface area contributed by atoms with E-state index in [1.807, 2.05) is 60.7 Å². The molecule has 0 spiro atoms. The summed E-state index contributed by atoms with van der Waals surface area (Å²) in [5.41, 5.74) is 2.10. The van der Waals surface area contributed by atoms with Gasteiger partial charge in [0.15, 0.2) is 0 Å². The summed E-state index contributed by atoms with van der Waals surface area (Å²) in [6.07, 6.45) is 3.21. The third kappa shape index (κ3) is 3.80. The number of esters is 1. The number of rotatable bonds is 5. The molecule has 3 nitrogen and oxygen atoms in total. The first-order valence-corrected chi connectivity index (χ1v) is 6.93. The van der Waals surface area contributed by atoms with Crippen molar-refractivity contribution in [1.82, 2.24) is 0 Å². The van der Waals surface area contributed by atoms with Crippen LogP contribution in [0.25, 0.3) is 6.08 Å². The number of carbonyl (C=O) groups is 1. The zero-order valence-corrected chi connectivity index (χ0v) is 11.5. The molecule has 106 valence electrons. The van der Waals surface area contributed by atoms with Crippen molar-refractivity contribution in [2.45, 2.75) is 12.2 Å². The van der Waals surface area contributed by atoms with E-state index >= 15 is 0 Å². The highest BCUT2D eigenvalue weighted by molar-refractivity contribution is 5.87. The van der Waals surface area contributed by atoms with Gasteiger partial charge in [-0.3, -0.25) is 0 Å². The molecule has 0 aromatic heterocycles. The molecule has 2 aromatic carbocycles. The molecule has 1 heterocycles. The number of hydrogen-bond acceptors (Lipinski definition) is 3. The molecule has 0 radical (unpaired) electrons. The maximum atomic E-state index is 11.6. The molecule has 1 fully saturated rings. The predicted octanol–water partition coefficient (Wildman–Crippen LogP) is 3.38. The fraction of sp³-hybridized carbons (Fsp3) is 0.167. The summed E-state index contributed by atoms with van der Waals surface area (Å²) in [4.78, 5) is 11.6. The molecule has 0 saturated carbocycles. The third-order valence-corrected chi connectivity index (χ3v) is 3.31. The van der Waals surface area contributed by atoms with E-state index in [2.05, 4.69) is 0 Å². The molecule has 2 atom stereocenters. The van der Waals surface area contributed by atoms with Gasteiger partial charge in [-0.2, -0.15) is 0 Å². The van der Waals surface area contributed by atoms with Gasteiger partial charge in [-0.1, -0.05) is 60.7 Å². The van der Waals surface area contributed by atoms with Crippen molar-refractivity contribution < 1.29 is 14.3 Å². The summed E-state index contributed by atoms with van der Waals surface area (Å²) in [6.45, 7) is 0.289. The molecule has 1 aliphatic rings. The number of benzene rings is 2. The van der Waals surface area contributed by atoms with Crippen LogP contribution in [0.4, 0.5) is 0 Å². The lowest BCUT2D eigenvalue weighted by atomic mass is 10.1. The van der Waals surface area contributed by atoms with E-state index in [-0.39, 0.29) is 24.8 Å². The molecule has 1 aliphatic heterocycles. The molecular weight excluding hydrogens is 264 g/mol. The average Bonchev–Trinajstić information content (AvgIpc) is 3.32. The Labute approximate surface area is 123 Å². The van der Waals surface area contributed by atoms with Gasteiger partial charge >= 0.3 is 5.97 Å². The second-order valence-electron chi connectivity index (χ2n) is 4.88. The van der Waals surface area contributed by atoms with Crippen LogP contribution in [-0.4, -0.2) is 18.7 Å². The van der Waals surface area contributed by atoms with Crippen molar-refractivity contribution >= 4 is 12.0 Å². The van der Waals surface area contributed by atoms with E-state index in [1.165, 1.54) is 6.08 Å². The molecule has 0 N–H and O–H groups in total. The molecule has 0 bridgehead atoms. The lowest BCUT2D eigenvalue weighted by Crippen LogP contribution is -2.07. The summed E-state index contributed by atoms with van der Waals surface area (Å²) in [7, 11) is 0. The van der Waals surface area contributed by atoms with E-state index < -0.39 is 0 Å². The Kier molecular flexibility index (Phi) is 4.12. The highest BCUT2D eigenvalue weighted by atomic mass is 16.6. The van der Waals surface area contributed by atoms with Gasteiger partial charge < -0.3 is 9.47 Å². The monoisotopic (exact) mass is 280 g/mol. The second kappa shape index (κ2) is 6.37. The smallest absolute Gasteiger partial charge is 0.330 e. The van der Waals surface area contributed by atoms with Crippen molar-refractivity contribution in [3.05, 3.63) is 77.9 Å². The highest BCUT2D eigenvalue weighted by Gasteiger charge is 2.40. The Bertz CT molecular complexity index is 619. The number of carbonyl (C=O) groups excluding carboxylic acids is 1. The van der Waals surface area contributed by atoms with Crippen molar-refractivity contribution in [1.29, 1.82) is 0 Å². The maximum absolute atomic E-state index is 11.6. The predicted molar refractivity (Wildman–Crippen MR) is 80.5 cm³/mol. The van der Waals surface area contributed by atoms with Crippen LogP contribution >= 0.6 is 0 Å². The summed E-state index contributed by atoms with van der Waals surface area (Å²) >= 11 is 0. The minimum atomic E-state index is -0.346. The van der Waals surface area contributed by atoms with Crippen LogP contribution in [-0.2, 0) is 14.3 Å². The standard InChI is InChI=1S/C18H16O3/c19-17(12-11-14-7-3-1-4-8-14)20-13-16-18(21-16)15-9-5-2-6-10-15/h1-12,16,18H,13H2/b12-11-/t16-,18-/m1/s1. The third-order valence-electron chi connectivity index (χ3n) is 3.31. The normalized spacial score (nSPS) is 20.4. The lowest BCUT2D eigenvalue weighted by Gasteiger charge is -1.99. The minimum Gasteiger partial charge on any atom is -0.460 e. The summed E-state index contributed by atoms with van der Waals surface area (Å²) in [6, 6.07) is 19.6. The average molecular weight is 280 g/mol. The van der Waals surface area contributed by atoms with Gasteiger partial charge in [-0.05, 0) is 17.2 Å². The van der Waals surface area contributed by atoms with Crippen molar-refractivity contribution in [3.63, 3.8) is 0 Å². The maximum Gasteiger partial charge on any atom is 0.330 e. The Morgan fingerprint density at radius 3 is 2.43 bits per heavy atom. The molecule has 3 rings (SSSR count). The van der Waals surface area contributed by atoms with E-state index in [0.717, 1.165) is 11.1 Å². The van der Waals surface area contributed by atoms with Crippen LogP contribution < -0.4 is 0 Å². The van der Waals surface area contributed by atoms with Crippen LogP contribution in [0, 0.1) is 0 Å². The molecule has 1 saturated heterocycles. The number of ether oxygens (including phenoxy) is 2. The summed E-state index contributed by atoms with van der Waals surface area (Å²) < 4.78 is 10.7. The van der Waals surface area contributed by atoms with Gasteiger partial charge in [0.2, 0.25) is 0 Å². The van der Waals surface area contributed by atoms with Gasteiger partial charge in [-0.25, -0.2) is 4.79 Å². The fourth-order valence-electron chi connectivity index (χ4n) is 2.15. The lowest BCUT2D eigenvalue weighted by molar-refractivity contribution is -0.138. The summed E-state index contributed by atoms with van der Waals surface area (Å²) in [5, 5.41) is 0. The number of epoxide rings is 1. The highest BCUT2D eigenvalue weighted by Crippen LogP contribution is 2.38. The van der Waals surface area contributed by atoms with Crippen molar-refractivity contribution in [2.75, 3.05) is 6.61 Å². The van der Waals surface area contributed by atoms with Crippen molar-refractivity contribution in [3.8, 4) is 0 Å². The number of hydrogen-bond donors (Lipinski definition) is 0. The molecule has 3 heteroatoms. The van der Waals surface area contributed by atoms with E-state index in [0.29, 0.717) is 0 Å². The Morgan fingerprint density at radius 1 is 1.05 bits per heavy atom. The first-order chi connectivity index (χ1) is 10.3. The van der Waals surface area contributed by atoms with Gasteiger partial charge in [0.1, 0.15) is 18.8 Å². The molecule has 0 amide bonds. The van der Waals surface area contributed by atoms with Crippen LogP contribution in [0.2, 0.25) is 0 Å². The van der Waals surface area contributed by atoms with E-state index in [4.69, 9.17) is 9.47 Å². The van der Waals surface area contributed by atoms with Crippen LogP contribution in [0.3, 0.4) is 0 Å². The largest absolute Gasteiger partial charge is 0.460 e. The molecule has 2 aromatic rings. The van der Waals surface area contributed by atoms with Crippen molar-refractivity contribution in [2.24, 2.45) is 0 Å². The molecule has 0 aliphatic carbocycles. The zero-order valence-electron chi connectivity index (χ0n) is 11.5. The van der Waals surface area contributed by atoms with Gasteiger partial charge in [0.05, 0.1) is 0 Å². The topological polar surface area (TPSA) is 38.8 Å². The van der Waals surface area contributed by atoms with E-state index in [1.54, 1.807) is 6.08 Å². The fourth-order valence-corrected chi connectivity index (χ4v) is 2.15. The zero-order chi connectivity index (χ0) is 14.5. The van der Waals surface area contributed by atoms with Gasteiger partial charge in [0, 0.05) is 6.08 Å². The van der Waals surface area contributed by atoms with Gasteiger partial charge in [-0.15, -0.1) is 0 Å². The molecule has 0 unspecified atom stereocenters. The van der Waals surface area contributed by atoms with Crippen LogP contribution in [0.1, 0.15) is 17.2 Å². The minimum absolute atomic E-state index is 0.0264. The quantitative estimate of drug-likeness (QED) is 0.479. The summed E-state index contributed by atoms with van der Waals surface area (Å²) in [5.74, 6) is -0.346. The Hall–Kier alpha value is -2.39.